The lowest BCUT2D eigenvalue weighted by atomic mass is 9.98. The van der Waals surface area contributed by atoms with Gasteiger partial charge < -0.3 is 5.11 Å². The summed E-state index contributed by atoms with van der Waals surface area (Å²) in [5, 5.41) is 8.80. The summed E-state index contributed by atoms with van der Waals surface area (Å²) in [5.74, 6) is -0.855. The number of carboxylic acids is 1. The van der Waals surface area contributed by atoms with Crippen molar-refractivity contribution in [2.45, 2.75) is 26.2 Å². The molecule has 2 aromatic rings. The van der Waals surface area contributed by atoms with Crippen molar-refractivity contribution in [3.63, 3.8) is 0 Å². The zero-order valence-electron chi connectivity index (χ0n) is 13.5. The molecule has 24 heavy (non-hydrogen) atoms. The summed E-state index contributed by atoms with van der Waals surface area (Å²) < 4.78 is 0. The Hall–Kier alpha value is -2.88. The minimum Gasteiger partial charge on any atom is -0.481 e. The molecule has 0 saturated heterocycles. The third-order valence-corrected chi connectivity index (χ3v) is 4.21. The van der Waals surface area contributed by atoms with Crippen LogP contribution in [0.2, 0.25) is 0 Å². The first-order valence-corrected chi connectivity index (χ1v) is 8.00. The Morgan fingerprint density at radius 1 is 1.00 bits per heavy atom. The lowest BCUT2D eigenvalue weighted by molar-refractivity contribution is -0.137. The highest BCUT2D eigenvalue weighted by atomic mass is 16.4. The van der Waals surface area contributed by atoms with E-state index in [0.717, 1.165) is 22.5 Å². The standard InChI is InChI=1S/C20H19NO3/c1-14(8-7-13-18(22)23)19-16-11-5-6-12-17(16)21(20(19)24)15-9-3-2-4-10-15/h2-6,9-12H,7-8,13H2,1H3,(H,22,23)/b19-14+. The first kappa shape index (κ1) is 16.0. The van der Waals surface area contributed by atoms with Gasteiger partial charge in [0.05, 0.1) is 5.69 Å². The number of hydrogen-bond acceptors (Lipinski definition) is 2. The number of hydrogen-bond donors (Lipinski definition) is 1. The smallest absolute Gasteiger partial charge is 0.303 e. The Kier molecular flexibility index (Phi) is 4.47. The quantitative estimate of drug-likeness (QED) is 0.831. The number of nitrogens with zero attached hydrogens (tertiary/aromatic N) is 1. The van der Waals surface area contributed by atoms with E-state index in [9.17, 15) is 9.59 Å². The van der Waals surface area contributed by atoms with Gasteiger partial charge in [0.2, 0.25) is 0 Å². The number of anilines is 2. The first-order chi connectivity index (χ1) is 11.6. The number of fused-ring (bicyclic) bond motifs is 1. The molecular formula is C20H19NO3. The monoisotopic (exact) mass is 321 g/mol. The lowest BCUT2D eigenvalue weighted by Crippen LogP contribution is -2.20. The number of aliphatic carboxylic acids is 1. The SMILES string of the molecule is C/C(CCCC(=O)O)=C1\C(=O)N(c2ccccc2)c2ccccc21. The summed E-state index contributed by atoms with van der Waals surface area (Å²) >= 11 is 0. The van der Waals surface area contributed by atoms with Gasteiger partial charge in [-0.25, -0.2) is 0 Å². The van der Waals surface area contributed by atoms with E-state index in [-0.39, 0.29) is 12.3 Å². The van der Waals surface area contributed by atoms with Gasteiger partial charge in [-0.3, -0.25) is 14.5 Å². The molecule has 1 heterocycles. The molecule has 1 amide bonds. The second-order valence-corrected chi connectivity index (χ2v) is 5.90. The number of para-hydroxylation sites is 2. The van der Waals surface area contributed by atoms with Gasteiger partial charge in [-0.15, -0.1) is 0 Å². The van der Waals surface area contributed by atoms with Crippen LogP contribution in [0.15, 0.2) is 60.2 Å². The first-order valence-electron chi connectivity index (χ1n) is 8.00. The summed E-state index contributed by atoms with van der Waals surface area (Å²) in [7, 11) is 0. The molecule has 1 aliphatic heterocycles. The van der Waals surface area contributed by atoms with E-state index in [2.05, 4.69) is 0 Å². The molecule has 2 aromatic carbocycles. The maximum Gasteiger partial charge on any atom is 0.303 e. The van der Waals surface area contributed by atoms with Crippen molar-refractivity contribution in [2.24, 2.45) is 0 Å². The van der Waals surface area contributed by atoms with Gasteiger partial charge in [-0.2, -0.15) is 0 Å². The molecule has 0 aromatic heterocycles. The molecule has 1 N–H and O–H groups in total. The zero-order valence-corrected chi connectivity index (χ0v) is 13.5. The molecule has 0 saturated carbocycles. The summed E-state index contributed by atoms with van der Waals surface area (Å²) in [5.41, 5.74) is 4.26. The van der Waals surface area contributed by atoms with E-state index in [0.29, 0.717) is 18.4 Å². The molecule has 0 unspecified atom stereocenters. The normalized spacial score (nSPS) is 15.4. The number of carboxylic acid groups (broad SMARTS) is 1. The van der Waals surface area contributed by atoms with E-state index < -0.39 is 5.97 Å². The Morgan fingerprint density at radius 2 is 1.67 bits per heavy atom. The van der Waals surface area contributed by atoms with Gasteiger partial charge in [-0.1, -0.05) is 42.0 Å². The molecule has 0 radical (unpaired) electrons. The molecule has 0 aliphatic carbocycles. The van der Waals surface area contributed by atoms with Crippen molar-refractivity contribution < 1.29 is 14.7 Å². The topological polar surface area (TPSA) is 57.6 Å². The van der Waals surface area contributed by atoms with Gasteiger partial charge >= 0.3 is 5.97 Å². The minimum atomic E-state index is -0.808. The number of amides is 1. The Balaban J connectivity index is 2.00. The molecule has 0 fully saturated rings. The predicted octanol–water partition coefficient (Wildman–Crippen LogP) is 4.39. The average molecular weight is 321 g/mol. The van der Waals surface area contributed by atoms with Crippen LogP contribution < -0.4 is 4.90 Å². The van der Waals surface area contributed by atoms with E-state index in [1.54, 1.807) is 4.90 Å². The third kappa shape index (κ3) is 2.95. The van der Waals surface area contributed by atoms with E-state index in [1.807, 2.05) is 61.5 Å². The Morgan fingerprint density at radius 3 is 2.38 bits per heavy atom. The highest BCUT2D eigenvalue weighted by Crippen LogP contribution is 2.43. The second kappa shape index (κ2) is 6.71. The molecule has 4 heteroatoms. The number of carbonyl (C=O) groups is 2. The number of allylic oxidation sites excluding steroid dienone is 1. The third-order valence-electron chi connectivity index (χ3n) is 4.21. The highest BCUT2D eigenvalue weighted by molar-refractivity contribution is 6.35. The van der Waals surface area contributed by atoms with Crippen molar-refractivity contribution in [3.8, 4) is 0 Å². The second-order valence-electron chi connectivity index (χ2n) is 5.90. The fourth-order valence-electron chi connectivity index (χ4n) is 3.09. The molecule has 1 aliphatic rings. The van der Waals surface area contributed by atoms with Crippen molar-refractivity contribution in [2.75, 3.05) is 4.90 Å². The van der Waals surface area contributed by atoms with Crippen LogP contribution in [0.3, 0.4) is 0 Å². The average Bonchev–Trinajstić information content (AvgIpc) is 2.87. The van der Waals surface area contributed by atoms with Crippen LogP contribution in [0.25, 0.3) is 5.57 Å². The summed E-state index contributed by atoms with van der Waals surface area (Å²) in [6.07, 6.45) is 1.25. The van der Waals surface area contributed by atoms with E-state index >= 15 is 0 Å². The molecule has 0 atom stereocenters. The fourth-order valence-corrected chi connectivity index (χ4v) is 3.09. The van der Waals surface area contributed by atoms with Crippen LogP contribution in [0, 0.1) is 0 Å². The largest absolute Gasteiger partial charge is 0.481 e. The van der Waals surface area contributed by atoms with Crippen LogP contribution >= 0.6 is 0 Å². The number of benzene rings is 2. The van der Waals surface area contributed by atoms with Crippen molar-refractivity contribution in [3.05, 3.63) is 65.7 Å². The zero-order chi connectivity index (χ0) is 17.1. The van der Waals surface area contributed by atoms with E-state index in [4.69, 9.17) is 5.11 Å². The molecule has 3 rings (SSSR count). The maximum atomic E-state index is 13.1. The van der Waals surface area contributed by atoms with Crippen molar-refractivity contribution in [1.29, 1.82) is 0 Å². The molecule has 0 bridgehead atoms. The van der Waals surface area contributed by atoms with Gasteiger partial charge in [0.25, 0.3) is 5.91 Å². The molecular weight excluding hydrogens is 302 g/mol. The lowest BCUT2D eigenvalue weighted by Gasteiger charge is -2.17. The molecule has 122 valence electrons. The van der Waals surface area contributed by atoms with Gasteiger partial charge in [0.1, 0.15) is 0 Å². The Bertz CT molecular complexity index is 809. The van der Waals surface area contributed by atoms with Gasteiger partial charge in [0.15, 0.2) is 0 Å². The molecule has 0 spiro atoms. The highest BCUT2D eigenvalue weighted by Gasteiger charge is 2.34. The van der Waals surface area contributed by atoms with E-state index in [1.165, 1.54) is 0 Å². The summed E-state index contributed by atoms with van der Waals surface area (Å²) in [4.78, 5) is 25.5. The Labute approximate surface area is 141 Å². The van der Waals surface area contributed by atoms with Crippen LogP contribution in [0.5, 0.6) is 0 Å². The van der Waals surface area contributed by atoms with Crippen LogP contribution in [-0.2, 0) is 9.59 Å². The number of carbonyl (C=O) groups excluding carboxylic acids is 1. The fraction of sp³-hybridized carbons (Fsp3) is 0.200. The van der Waals surface area contributed by atoms with Crippen molar-refractivity contribution >= 4 is 28.8 Å². The number of rotatable bonds is 5. The van der Waals surface area contributed by atoms with Gasteiger partial charge in [0, 0.05) is 23.2 Å². The van der Waals surface area contributed by atoms with Crippen LogP contribution in [-0.4, -0.2) is 17.0 Å². The molecule has 4 nitrogen and oxygen atoms in total. The van der Waals surface area contributed by atoms with Gasteiger partial charge in [-0.05, 0) is 38.0 Å². The predicted molar refractivity (Wildman–Crippen MR) is 94.1 cm³/mol. The maximum absolute atomic E-state index is 13.1. The van der Waals surface area contributed by atoms with Crippen LogP contribution in [0.1, 0.15) is 31.7 Å². The summed E-state index contributed by atoms with van der Waals surface area (Å²) in [6, 6.07) is 17.3. The van der Waals surface area contributed by atoms with Crippen molar-refractivity contribution in [1.82, 2.24) is 0 Å². The summed E-state index contributed by atoms with van der Waals surface area (Å²) in [6.45, 7) is 1.92. The van der Waals surface area contributed by atoms with Crippen LogP contribution in [0.4, 0.5) is 11.4 Å². The minimum absolute atomic E-state index is 0.0461.